The van der Waals surface area contributed by atoms with Crippen LogP contribution in [0.1, 0.15) is 25.3 Å². The van der Waals surface area contributed by atoms with Gasteiger partial charge in [-0.1, -0.05) is 55.8 Å². The van der Waals surface area contributed by atoms with E-state index in [4.69, 9.17) is 0 Å². The lowest BCUT2D eigenvalue weighted by atomic mass is 9.99. The molecule has 3 aromatic carbocycles. The minimum Gasteiger partial charge on any atom is -0.204 e. The molecule has 0 unspecified atom stereocenters. The average Bonchev–Trinajstić information content (AvgIpc) is 2.56. The molecule has 3 rings (SSSR count). The molecular weight excluding hydrogens is 278 g/mol. The van der Waals surface area contributed by atoms with E-state index in [1.54, 1.807) is 12.1 Å². The van der Waals surface area contributed by atoms with Gasteiger partial charge in [0.05, 0.1) is 0 Å². The van der Waals surface area contributed by atoms with Crippen molar-refractivity contribution in [2.45, 2.75) is 26.2 Å². The van der Waals surface area contributed by atoms with Gasteiger partial charge in [0.1, 0.15) is 0 Å². The van der Waals surface area contributed by atoms with Crippen LogP contribution in [0.5, 0.6) is 0 Å². The van der Waals surface area contributed by atoms with Gasteiger partial charge in [-0.2, -0.15) is 0 Å². The van der Waals surface area contributed by atoms with Gasteiger partial charge in [0.2, 0.25) is 0 Å². The van der Waals surface area contributed by atoms with Crippen LogP contribution in [0.15, 0.2) is 54.6 Å². The molecule has 0 aromatic heterocycles. The molecule has 22 heavy (non-hydrogen) atoms. The first kappa shape index (κ1) is 14.7. The van der Waals surface area contributed by atoms with Crippen molar-refractivity contribution in [3.63, 3.8) is 0 Å². The van der Waals surface area contributed by atoms with Crippen LogP contribution in [-0.4, -0.2) is 0 Å². The Morgan fingerprint density at radius 2 is 1.55 bits per heavy atom. The first-order chi connectivity index (χ1) is 10.7. The minimum atomic E-state index is -0.805. The zero-order valence-electron chi connectivity index (χ0n) is 12.6. The van der Waals surface area contributed by atoms with E-state index in [0.717, 1.165) is 17.5 Å². The maximum atomic E-state index is 13.7. The second kappa shape index (κ2) is 6.27. The summed E-state index contributed by atoms with van der Waals surface area (Å²) >= 11 is 0. The third kappa shape index (κ3) is 2.87. The molecule has 0 bridgehead atoms. The molecule has 0 amide bonds. The Labute approximate surface area is 129 Å². The van der Waals surface area contributed by atoms with Gasteiger partial charge in [0.15, 0.2) is 11.6 Å². The lowest BCUT2D eigenvalue weighted by Gasteiger charge is -2.07. The molecule has 0 aliphatic rings. The van der Waals surface area contributed by atoms with Crippen LogP contribution in [0.4, 0.5) is 8.78 Å². The monoisotopic (exact) mass is 296 g/mol. The van der Waals surface area contributed by atoms with E-state index in [1.165, 1.54) is 24.5 Å². The van der Waals surface area contributed by atoms with Gasteiger partial charge in [-0.05, 0) is 47.1 Å². The summed E-state index contributed by atoms with van der Waals surface area (Å²) < 4.78 is 27.0. The van der Waals surface area contributed by atoms with Gasteiger partial charge in [-0.3, -0.25) is 0 Å². The quantitative estimate of drug-likeness (QED) is 0.543. The lowest BCUT2D eigenvalue weighted by molar-refractivity contribution is 0.517. The number of fused-ring (bicyclic) bond motifs is 1. The smallest absolute Gasteiger partial charge is 0.166 e. The number of benzene rings is 3. The Kier molecular flexibility index (Phi) is 4.19. The van der Waals surface area contributed by atoms with E-state index < -0.39 is 11.6 Å². The number of unbranched alkanes of at least 4 members (excludes halogenated alkanes) is 1. The predicted octanol–water partition coefficient (Wildman–Crippen LogP) is 6.13. The molecule has 0 radical (unpaired) electrons. The number of hydrogen-bond acceptors (Lipinski definition) is 0. The van der Waals surface area contributed by atoms with Crippen molar-refractivity contribution in [1.29, 1.82) is 0 Å². The summed E-state index contributed by atoms with van der Waals surface area (Å²) in [5, 5.41) is 1.04. The fourth-order valence-electron chi connectivity index (χ4n) is 2.69. The van der Waals surface area contributed by atoms with Crippen molar-refractivity contribution in [1.82, 2.24) is 0 Å². The van der Waals surface area contributed by atoms with Crippen LogP contribution in [0.25, 0.3) is 21.9 Å². The van der Waals surface area contributed by atoms with E-state index in [9.17, 15) is 8.78 Å². The second-order valence-corrected chi connectivity index (χ2v) is 5.60. The molecule has 0 N–H and O–H groups in total. The number of halogens is 2. The molecular formula is C20H18F2. The molecule has 2 heteroatoms. The maximum Gasteiger partial charge on any atom is 0.166 e. The van der Waals surface area contributed by atoms with Gasteiger partial charge in [-0.15, -0.1) is 0 Å². The van der Waals surface area contributed by atoms with Gasteiger partial charge in [-0.25, -0.2) is 8.78 Å². The number of aryl methyl sites for hydroxylation is 1. The SMILES string of the molecule is CCCCc1ccc(-c2ccc3c(F)c(F)ccc3c2)cc1. The standard InChI is InChI=1S/C20H18F2/c1-2-3-4-14-5-7-15(8-6-14)16-9-11-18-17(13-16)10-12-19(21)20(18)22/h5-13H,2-4H2,1H3. The van der Waals surface area contributed by atoms with E-state index in [-0.39, 0.29) is 0 Å². The van der Waals surface area contributed by atoms with Crippen molar-refractivity contribution in [3.05, 3.63) is 71.8 Å². The van der Waals surface area contributed by atoms with E-state index in [1.807, 2.05) is 12.1 Å². The molecule has 0 aliphatic carbocycles. The fraction of sp³-hybridized carbons (Fsp3) is 0.200. The van der Waals surface area contributed by atoms with Crippen molar-refractivity contribution in [3.8, 4) is 11.1 Å². The van der Waals surface area contributed by atoms with E-state index in [0.29, 0.717) is 10.8 Å². The zero-order valence-corrected chi connectivity index (χ0v) is 12.6. The van der Waals surface area contributed by atoms with Crippen LogP contribution < -0.4 is 0 Å². The fourth-order valence-corrected chi connectivity index (χ4v) is 2.69. The first-order valence-corrected chi connectivity index (χ1v) is 7.66. The maximum absolute atomic E-state index is 13.7. The highest BCUT2D eigenvalue weighted by Crippen LogP contribution is 2.27. The van der Waals surface area contributed by atoms with Gasteiger partial charge >= 0.3 is 0 Å². The van der Waals surface area contributed by atoms with Gasteiger partial charge in [0, 0.05) is 5.39 Å². The molecule has 0 heterocycles. The second-order valence-electron chi connectivity index (χ2n) is 5.60. The Hall–Kier alpha value is -2.22. The topological polar surface area (TPSA) is 0 Å². The predicted molar refractivity (Wildman–Crippen MR) is 87.9 cm³/mol. The van der Waals surface area contributed by atoms with Gasteiger partial charge < -0.3 is 0 Å². The number of hydrogen-bond donors (Lipinski definition) is 0. The van der Waals surface area contributed by atoms with Crippen LogP contribution in [0.3, 0.4) is 0 Å². The number of rotatable bonds is 4. The summed E-state index contributed by atoms with van der Waals surface area (Å²) in [5.74, 6) is -1.58. The van der Waals surface area contributed by atoms with Crippen LogP contribution in [0, 0.1) is 11.6 Å². The lowest BCUT2D eigenvalue weighted by Crippen LogP contribution is -1.88. The summed E-state index contributed by atoms with van der Waals surface area (Å²) in [7, 11) is 0. The summed E-state index contributed by atoms with van der Waals surface area (Å²) in [6.07, 6.45) is 3.48. The van der Waals surface area contributed by atoms with Crippen molar-refractivity contribution in [2.75, 3.05) is 0 Å². The highest BCUT2D eigenvalue weighted by Gasteiger charge is 2.08. The Bertz CT molecular complexity index is 789. The Morgan fingerprint density at radius 1 is 0.818 bits per heavy atom. The molecule has 0 atom stereocenters. The Morgan fingerprint density at radius 3 is 2.27 bits per heavy atom. The minimum absolute atomic E-state index is 0.323. The normalized spacial score (nSPS) is 11.0. The Balaban J connectivity index is 1.94. The van der Waals surface area contributed by atoms with Gasteiger partial charge in [0.25, 0.3) is 0 Å². The summed E-state index contributed by atoms with van der Waals surface area (Å²) in [6.45, 7) is 2.19. The molecule has 3 aromatic rings. The van der Waals surface area contributed by atoms with E-state index >= 15 is 0 Å². The molecule has 112 valence electrons. The van der Waals surface area contributed by atoms with Crippen molar-refractivity contribution < 1.29 is 8.78 Å². The zero-order chi connectivity index (χ0) is 15.5. The molecule has 0 spiro atoms. The molecule has 0 fully saturated rings. The van der Waals surface area contributed by atoms with Crippen LogP contribution in [0.2, 0.25) is 0 Å². The average molecular weight is 296 g/mol. The van der Waals surface area contributed by atoms with Crippen molar-refractivity contribution in [2.24, 2.45) is 0 Å². The molecule has 0 saturated carbocycles. The highest BCUT2D eigenvalue weighted by molar-refractivity contribution is 5.87. The summed E-state index contributed by atoms with van der Waals surface area (Å²) in [6, 6.07) is 16.6. The molecule has 0 nitrogen and oxygen atoms in total. The van der Waals surface area contributed by atoms with Crippen LogP contribution >= 0.6 is 0 Å². The summed E-state index contributed by atoms with van der Waals surface area (Å²) in [4.78, 5) is 0. The molecule has 0 aliphatic heterocycles. The third-order valence-electron chi connectivity index (χ3n) is 4.01. The largest absolute Gasteiger partial charge is 0.204 e. The highest BCUT2D eigenvalue weighted by atomic mass is 19.2. The van der Waals surface area contributed by atoms with Crippen molar-refractivity contribution >= 4 is 10.8 Å². The van der Waals surface area contributed by atoms with Crippen LogP contribution in [-0.2, 0) is 6.42 Å². The first-order valence-electron chi connectivity index (χ1n) is 7.66. The van der Waals surface area contributed by atoms with E-state index in [2.05, 4.69) is 31.2 Å². The summed E-state index contributed by atoms with van der Waals surface area (Å²) in [5.41, 5.74) is 3.44. The third-order valence-corrected chi connectivity index (χ3v) is 4.01. The molecule has 0 saturated heterocycles.